The van der Waals surface area contributed by atoms with Crippen LogP contribution >= 0.6 is 0 Å². The Bertz CT molecular complexity index is 533. The number of anilines is 2. The van der Waals surface area contributed by atoms with Gasteiger partial charge in [-0.25, -0.2) is 0 Å². The van der Waals surface area contributed by atoms with E-state index in [1.165, 1.54) is 0 Å². The monoisotopic (exact) mass is 248 g/mol. The van der Waals surface area contributed by atoms with E-state index in [1.807, 2.05) is 0 Å². The van der Waals surface area contributed by atoms with Crippen LogP contribution in [0, 0.1) is 0 Å². The van der Waals surface area contributed by atoms with Crippen LogP contribution in [0.15, 0.2) is 6.20 Å². The van der Waals surface area contributed by atoms with Gasteiger partial charge in [-0.3, -0.25) is 5.10 Å². The molecule has 7 heteroatoms. The van der Waals surface area contributed by atoms with Crippen LogP contribution in [-0.4, -0.2) is 46.5 Å². The molecule has 3 N–H and O–H groups in total. The van der Waals surface area contributed by atoms with Gasteiger partial charge in [0.1, 0.15) is 5.82 Å². The summed E-state index contributed by atoms with van der Waals surface area (Å²) in [5.74, 6) is 1.41. The van der Waals surface area contributed by atoms with E-state index >= 15 is 0 Å². The van der Waals surface area contributed by atoms with Crippen molar-refractivity contribution in [3.8, 4) is 0 Å². The normalized spacial score (nSPS) is 16.9. The molecule has 7 nitrogen and oxygen atoms in total. The maximum atomic E-state index is 5.35. The van der Waals surface area contributed by atoms with Crippen LogP contribution in [0.4, 0.5) is 11.8 Å². The zero-order valence-corrected chi connectivity index (χ0v) is 10.2. The highest BCUT2D eigenvalue weighted by atomic mass is 16.5. The minimum atomic E-state index is 0.399. The highest BCUT2D eigenvalue weighted by Gasteiger charge is 2.16. The summed E-state index contributed by atoms with van der Waals surface area (Å²) >= 11 is 0. The van der Waals surface area contributed by atoms with Crippen LogP contribution in [0.1, 0.15) is 12.8 Å². The number of hydrogen-bond donors (Lipinski definition) is 3. The molecule has 1 aliphatic rings. The lowest BCUT2D eigenvalue weighted by atomic mass is 10.1. The van der Waals surface area contributed by atoms with Crippen LogP contribution in [0.3, 0.4) is 0 Å². The highest BCUT2D eigenvalue weighted by Crippen LogP contribution is 2.22. The second-order valence-electron chi connectivity index (χ2n) is 4.31. The van der Waals surface area contributed by atoms with Gasteiger partial charge in [-0.1, -0.05) is 0 Å². The first-order chi connectivity index (χ1) is 8.86. The fourth-order valence-corrected chi connectivity index (χ4v) is 2.09. The number of aromatic amines is 1. The van der Waals surface area contributed by atoms with Crippen molar-refractivity contribution in [3.05, 3.63) is 6.20 Å². The van der Waals surface area contributed by atoms with Crippen molar-refractivity contribution < 1.29 is 4.74 Å². The third-order valence-electron chi connectivity index (χ3n) is 3.10. The van der Waals surface area contributed by atoms with Gasteiger partial charge in [-0.15, -0.1) is 0 Å². The standard InChI is InChI=1S/C11H16N6O/c1-12-11-15-9(8-6-13-17-10(8)16-11)14-7-2-4-18-5-3-7/h6-7H,2-5H2,1H3,(H3,12,13,14,15,16,17). The van der Waals surface area contributed by atoms with Gasteiger partial charge in [0.2, 0.25) is 5.95 Å². The smallest absolute Gasteiger partial charge is 0.226 e. The number of H-pyrrole nitrogens is 1. The number of ether oxygens (including phenoxy) is 1. The molecular weight excluding hydrogens is 232 g/mol. The molecule has 3 heterocycles. The summed E-state index contributed by atoms with van der Waals surface area (Å²) < 4.78 is 5.35. The van der Waals surface area contributed by atoms with E-state index in [9.17, 15) is 0 Å². The average molecular weight is 248 g/mol. The van der Waals surface area contributed by atoms with Crippen molar-refractivity contribution in [3.63, 3.8) is 0 Å². The Hall–Kier alpha value is -1.89. The van der Waals surface area contributed by atoms with Gasteiger partial charge in [0.25, 0.3) is 0 Å². The molecule has 0 saturated carbocycles. The van der Waals surface area contributed by atoms with E-state index in [1.54, 1.807) is 13.2 Å². The Morgan fingerprint density at radius 3 is 2.94 bits per heavy atom. The largest absolute Gasteiger partial charge is 0.381 e. The minimum Gasteiger partial charge on any atom is -0.381 e. The van der Waals surface area contributed by atoms with Crippen LogP contribution in [0.25, 0.3) is 11.0 Å². The predicted molar refractivity (Wildman–Crippen MR) is 68.7 cm³/mol. The molecule has 0 radical (unpaired) electrons. The fraction of sp³-hybridized carbons (Fsp3) is 0.545. The number of nitrogens with one attached hydrogen (secondary N) is 3. The molecule has 0 aliphatic carbocycles. The van der Waals surface area contributed by atoms with E-state index in [0.717, 1.165) is 42.9 Å². The van der Waals surface area contributed by atoms with Crippen LogP contribution in [-0.2, 0) is 4.74 Å². The minimum absolute atomic E-state index is 0.399. The molecular formula is C11H16N6O. The topological polar surface area (TPSA) is 87.8 Å². The molecule has 0 unspecified atom stereocenters. The summed E-state index contributed by atoms with van der Waals surface area (Å²) in [7, 11) is 1.80. The van der Waals surface area contributed by atoms with Gasteiger partial charge in [0.15, 0.2) is 5.65 Å². The molecule has 2 aromatic heterocycles. The fourth-order valence-electron chi connectivity index (χ4n) is 2.09. The molecule has 0 spiro atoms. The molecule has 1 fully saturated rings. The van der Waals surface area contributed by atoms with E-state index < -0.39 is 0 Å². The van der Waals surface area contributed by atoms with Crippen molar-refractivity contribution >= 4 is 22.8 Å². The van der Waals surface area contributed by atoms with Gasteiger partial charge in [-0.05, 0) is 12.8 Å². The SMILES string of the molecule is CNc1nc(NC2CCOCC2)c2cn[nH]c2n1. The predicted octanol–water partition coefficient (Wildman–Crippen LogP) is 0.985. The van der Waals surface area contributed by atoms with Crippen molar-refractivity contribution in [1.82, 2.24) is 20.2 Å². The summed E-state index contributed by atoms with van der Waals surface area (Å²) in [6.07, 6.45) is 3.74. The first-order valence-electron chi connectivity index (χ1n) is 6.10. The number of fused-ring (bicyclic) bond motifs is 1. The van der Waals surface area contributed by atoms with Gasteiger partial charge in [0.05, 0.1) is 11.6 Å². The summed E-state index contributed by atoms with van der Waals surface area (Å²) in [4.78, 5) is 8.75. The lowest BCUT2D eigenvalue weighted by Crippen LogP contribution is -2.28. The van der Waals surface area contributed by atoms with Crippen LogP contribution in [0.2, 0.25) is 0 Å². The Balaban J connectivity index is 1.91. The quantitative estimate of drug-likeness (QED) is 0.750. The van der Waals surface area contributed by atoms with Gasteiger partial charge in [0, 0.05) is 26.3 Å². The van der Waals surface area contributed by atoms with Crippen molar-refractivity contribution in [1.29, 1.82) is 0 Å². The Labute approximate surface area is 104 Å². The maximum absolute atomic E-state index is 5.35. The van der Waals surface area contributed by atoms with E-state index in [-0.39, 0.29) is 0 Å². The molecule has 1 saturated heterocycles. The van der Waals surface area contributed by atoms with Crippen molar-refractivity contribution in [2.75, 3.05) is 30.9 Å². The lowest BCUT2D eigenvalue weighted by molar-refractivity contribution is 0.0904. The Morgan fingerprint density at radius 2 is 2.17 bits per heavy atom. The molecule has 96 valence electrons. The van der Waals surface area contributed by atoms with E-state index in [4.69, 9.17) is 4.74 Å². The van der Waals surface area contributed by atoms with E-state index in [0.29, 0.717) is 12.0 Å². The lowest BCUT2D eigenvalue weighted by Gasteiger charge is -2.23. The van der Waals surface area contributed by atoms with Crippen LogP contribution in [0.5, 0.6) is 0 Å². The first kappa shape index (κ1) is 11.2. The maximum Gasteiger partial charge on any atom is 0.226 e. The second kappa shape index (κ2) is 4.77. The second-order valence-corrected chi connectivity index (χ2v) is 4.31. The number of hydrogen-bond acceptors (Lipinski definition) is 6. The summed E-state index contributed by atoms with van der Waals surface area (Å²) in [5, 5.41) is 14.2. The molecule has 0 bridgehead atoms. The van der Waals surface area contributed by atoms with Gasteiger partial charge in [-0.2, -0.15) is 15.1 Å². The molecule has 1 aliphatic heterocycles. The van der Waals surface area contributed by atoms with Crippen LogP contribution < -0.4 is 10.6 Å². The molecule has 0 aromatic carbocycles. The third-order valence-corrected chi connectivity index (χ3v) is 3.10. The summed E-state index contributed by atoms with van der Waals surface area (Å²) in [5.41, 5.74) is 0.740. The zero-order valence-electron chi connectivity index (χ0n) is 10.2. The Kier molecular flexibility index (Phi) is 2.97. The molecule has 0 atom stereocenters. The Morgan fingerprint density at radius 1 is 1.33 bits per heavy atom. The third kappa shape index (κ3) is 2.08. The number of aromatic nitrogens is 4. The van der Waals surface area contributed by atoms with Crippen molar-refractivity contribution in [2.45, 2.75) is 18.9 Å². The molecule has 18 heavy (non-hydrogen) atoms. The summed E-state index contributed by atoms with van der Waals surface area (Å²) in [6, 6.07) is 0.399. The summed E-state index contributed by atoms with van der Waals surface area (Å²) in [6.45, 7) is 1.60. The molecule has 3 rings (SSSR count). The average Bonchev–Trinajstić information content (AvgIpc) is 2.88. The van der Waals surface area contributed by atoms with Crippen molar-refractivity contribution in [2.24, 2.45) is 0 Å². The first-order valence-corrected chi connectivity index (χ1v) is 6.10. The number of rotatable bonds is 3. The zero-order chi connectivity index (χ0) is 12.4. The highest BCUT2D eigenvalue weighted by molar-refractivity contribution is 5.87. The number of nitrogens with zero attached hydrogens (tertiary/aromatic N) is 3. The molecule has 0 amide bonds. The molecule has 2 aromatic rings. The van der Waals surface area contributed by atoms with Gasteiger partial charge >= 0.3 is 0 Å². The van der Waals surface area contributed by atoms with Gasteiger partial charge < -0.3 is 15.4 Å². The van der Waals surface area contributed by atoms with E-state index in [2.05, 4.69) is 30.8 Å².